The third kappa shape index (κ3) is 3.94. The summed E-state index contributed by atoms with van der Waals surface area (Å²) in [6, 6.07) is 15.0. The lowest BCUT2D eigenvalue weighted by atomic mass is 9.54. The summed E-state index contributed by atoms with van der Waals surface area (Å²) in [6.07, 6.45) is 7.23. The normalized spacial score (nSPS) is 29.8. The van der Waals surface area contributed by atoms with Crippen molar-refractivity contribution in [3.8, 4) is 11.5 Å². The van der Waals surface area contributed by atoms with Gasteiger partial charge in [-0.3, -0.25) is 0 Å². The Hall–Kier alpha value is -1.52. The van der Waals surface area contributed by atoms with Crippen molar-refractivity contribution < 1.29 is 9.47 Å². The second-order valence-corrected chi connectivity index (χ2v) is 10.0. The zero-order valence-corrected chi connectivity index (χ0v) is 18.7. The second kappa shape index (κ2) is 8.31. The first kappa shape index (κ1) is 19.4. The van der Waals surface area contributed by atoms with Crippen molar-refractivity contribution in [3.05, 3.63) is 58.1 Å². The standard InChI is InChI=1S/C25H30BrNO2/c1-28-23-8-7-22(26)21(25(23)29-15-16-5-3-2-4-6-16)14-27-24-19-10-17-9-18(12-19)13-20(24)11-17/h2-8,17-20,24,27H,9-15H2,1H3. The van der Waals surface area contributed by atoms with Crippen molar-refractivity contribution in [2.24, 2.45) is 23.7 Å². The summed E-state index contributed by atoms with van der Waals surface area (Å²) in [7, 11) is 1.72. The molecular formula is C25H30BrNO2. The molecule has 0 unspecified atom stereocenters. The van der Waals surface area contributed by atoms with E-state index in [9.17, 15) is 0 Å². The molecule has 154 valence electrons. The van der Waals surface area contributed by atoms with Crippen LogP contribution in [0.25, 0.3) is 0 Å². The lowest BCUT2D eigenvalue weighted by Crippen LogP contribution is -2.54. The summed E-state index contributed by atoms with van der Waals surface area (Å²) in [6.45, 7) is 1.35. The number of methoxy groups -OCH3 is 1. The molecule has 0 atom stereocenters. The molecule has 0 amide bonds. The first-order valence-electron chi connectivity index (χ1n) is 11.0. The van der Waals surface area contributed by atoms with Crippen LogP contribution >= 0.6 is 15.9 Å². The molecule has 4 saturated carbocycles. The van der Waals surface area contributed by atoms with E-state index in [-0.39, 0.29) is 0 Å². The minimum absolute atomic E-state index is 0.540. The highest BCUT2D eigenvalue weighted by Gasteiger charge is 2.47. The van der Waals surface area contributed by atoms with Gasteiger partial charge in [0, 0.05) is 22.6 Å². The molecule has 0 spiro atoms. The average Bonchev–Trinajstić information content (AvgIpc) is 2.73. The minimum Gasteiger partial charge on any atom is -0.493 e. The van der Waals surface area contributed by atoms with Gasteiger partial charge in [0.25, 0.3) is 0 Å². The lowest BCUT2D eigenvalue weighted by molar-refractivity contribution is -0.0143. The van der Waals surface area contributed by atoms with Crippen LogP contribution in [0.5, 0.6) is 11.5 Å². The molecule has 4 bridgehead atoms. The van der Waals surface area contributed by atoms with Crippen molar-refractivity contribution in [3.63, 3.8) is 0 Å². The van der Waals surface area contributed by atoms with E-state index in [4.69, 9.17) is 9.47 Å². The fourth-order valence-electron chi connectivity index (χ4n) is 6.27. The molecule has 0 aliphatic heterocycles. The first-order chi connectivity index (χ1) is 14.2. The lowest BCUT2D eigenvalue weighted by Gasteiger charge is -2.54. The van der Waals surface area contributed by atoms with Gasteiger partial charge in [-0.1, -0.05) is 46.3 Å². The molecule has 0 saturated heterocycles. The van der Waals surface area contributed by atoms with Crippen LogP contribution in [0.4, 0.5) is 0 Å². The molecule has 4 aliphatic rings. The van der Waals surface area contributed by atoms with E-state index in [1.54, 1.807) is 7.11 Å². The topological polar surface area (TPSA) is 30.5 Å². The molecule has 2 aromatic rings. The van der Waals surface area contributed by atoms with Gasteiger partial charge < -0.3 is 14.8 Å². The molecule has 1 N–H and O–H groups in total. The van der Waals surface area contributed by atoms with Crippen molar-refractivity contribution >= 4 is 15.9 Å². The van der Waals surface area contributed by atoms with Crippen molar-refractivity contribution in [1.82, 2.24) is 5.32 Å². The Labute approximate surface area is 182 Å². The maximum Gasteiger partial charge on any atom is 0.167 e. The largest absolute Gasteiger partial charge is 0.493 e. The Balaban J connectivity index is 1.33. The number of rotatable bonds is 7. The van der Waals surface area contributed by atoms with E-state index in [1.165, 1.54) is 32.1 Å². The van der Waals surface area contributed by atoms with E-state index < -0.39 is 0 Å². The van der Waals surface area contributed by atoms with Crippen molar-refractivity contribution in [2.75, 3.05) is 7.11 Å². The van der Waals surface area contributed by atoms with Gasteiger partial charge in [0.15, 0.2) is 11.5 Å². The zero-order chi connectivity index (χ0) is 19.8. The quantitative estimate of drug-likeness (QED) is 0.559. The molecule has 3 nitrogen and oxygen atoms in total. The Morgan fingerprint density at radius 2 is 1.62 bits per heavy atom. The van der Waals surface area contributed by atoms with E-state index in [0.717, 1.165) is 57.3 Å². The molecule has 0 radical (unpaired) electrons. The Bertz CT molecular complexity index is 825. The van der Waals surface area contributed by atoms with Gasteiger partial charge >= 0.3 is 0 Å². The van der Waals surface area contributed by atoms with Crippen LogP contribution in [-0.2, 0) is 13.2 Å². The Kier molecular flexibility index (Phi) is 5.57. The van der Waals surface area contributed by atoms with E-state index in [0.29, 0.717) is 12.6 Å². The number of hydrogen-bond donors (Lipinski definition) is 1. The van der Waals surface area contributed by atoms with Crippen LogP contribution in [-0.4, -0.2) is 13.2 Å². The third-order valence-electron chi connectivity index (χ3n) is 7.35. The van der Waals surface area contributed by atoms with E-state index in [1.807, 2.05) is 24.3 Å². The summed E-state index contributed by atoms with van der Waals surface area (Å²) < 4.78 is 13.0. The summed E-state index contributed by atoms with van der Waals surface area (Å²) >= 11 is 3.76. The van der Waals surface area contributed by atoms with Crippen LogP contribution < -0.4 is 14.8 Å². The fraction of sp³-hybridized carbons (Fsp3) is 0.520. The molecule has 4 aliphatic carbocycles. The monoisotopic (exact) mass is 455 g/mol. The Morgan fingerprint density at radius 1 is 0.931 bits per heavy atom. The van der Waals surface area contributed by atoms with Gasteiger partial charge in [0.1, 0.15) is 6.61 Å². The summed E-state index contributed by atoms with van der Waals surface area (Å²) in [5, 5.41) is 3.95. The predicted molar refractivity (Wildman–Crippen MR) is 119 cm³/mol. The van der Waals surface area contributed by atoms with Gasteiger partial charge in [-0.15, -0.1) is 0 Å². The summed E-state index contributed by atoms with van der Waals surface area (Å²) in [5.74, 6) is 5.38. The summed E-state index contributed by atoms with van der Waals surface area (Å²) in [4.78, 5) is 0. The van der Waals surface area contributed by atoms with Crippen LogP contribution in [0.1, 0.15) is 43.2 Å². The van der Waals surface area contributed by atoms with Crippen molar-refractivity contribution in [1.29, 1.82) is 0 Å². The molecule has 0 aromatic heterocycles. The van der Waals surface area contributed by atoms with Gasteiger partial charge in [-0.2, -0.15) is 0 Å². The molecule has 4 heteroatoms. The van der Waals surface area contributed by atoms with Crippen LogP contribution in [0.15, 0.2) is 46.9 Å². The average molecular weight is 456 g/mol. The number of halogens is 1. The zero-order valence-electron chi connectivity index (χ0n) is 17.1. The second-order valence-electron chi connectivity index (χ2n) is 9.17. The first-order valence-corrected chi connectivity index (χ1v) is 11.8. The predicted octanol–water partition coefficient (Wildman–Crippen LogP) is 5.95. The van der Waals surface area contributed by atoms with Crippen LogP contribution in [0, 0.1) is 23.7 Å². The maximum atomic E-state index is 6.29. The highest BCUT2D eigenvalue weighted by molar-refractivity contribution is 9.10. The van der Waals surface area contributed by atoms with E-state index >= 15 is 0 Å². The maximum absolute atomic E-state index is 6.29. The minimum atomic E-state index is 0.540. The molecule has 4 fully saturated rings. The van der Waals surface area contributed by atoms with Crippen molar-refractivity contribution in [2.45, 2.75) is 51.3 Å². The SMILES string of the molecule is COc1ccc(Br)c(CNC2C3CC4CC(C3)CC2C4)c1OCc1ccccc1. The molecule has 0 heterocycles. The van der Waals surface area contributed by atoms with Crippen LogP contribution in [0.2, 0.25) is 0 Å². The number of benzene rings is 2. The highest BCUT2D eigenvalue weighted by Crippen LogP contribution is 2.53. The molecule has 29 heavy (non-hydrogen) atoms. The Morgan fingerprint density at radius 3 is 2.28 bits per heavy atom. The highest BCUT2D eigenvalue weighted by atomic mass is 79.9. The van der Waals surface area contributed by atoms with E-state index in [2.05, 4.69) is 39.4 Å². The fourth-order valence-corrected chi connectivity index (χ4v) is 6.73. The number of nitrogens with one attached hydrogen (secondary N) is 1. The smallest absolute Gasteiger partial charge is 0.167 e. The van der Waals surface area contributed by atoms with Crippen LogP contribution in [0.3, 0.4) is 0 Å². The molecule has 6 rings (SSSR count). The summed E-state index contributed by atoms with van der Waals surface area (Å²) in [5.41, 5.74) is 2.32. The van der Waals surface area contributed by atoms with Gasteiger partial charge in [-0.05, 0) is 73.5 Å². The number of hydrogen-bond acceptors (Lipinski definition) is 3. The third-order valence-corrected chi connectivity index (χ3v) is 8.10. The molecule has 2 aromatic carbocycles. The van der Waals surface area contributed by atoms with Gasteiger partial charge in [0.2, 0.25) is 0 Å². The van der Waals surface area contributed by atoms with Gasteiger partial charge in [0.05, 0.1) is 7.11 Å². The number of ether oxygens (including phenoxy) is 2. The molecular weight excluding hydrogens is 426 g/mol. The van der Waals surface area contributed by atoms with Gasteiger partial charge in [-0.25, -0.2) is 0 Å².